The van der Waals surface area contributed by atoms with E-state index in [0.29, 0.717) is 0 Å². The number of halogens is 1. The van der Waals surface area contributed by atoms with E-state index < -0.39 is 0 Å². The van der Waals surface area contributed by atoms with Gasteiger partial charge in [-0.05, 0) is 79.8 Å². The van der Waals surface area contributed by atoms with Crippen LogP contribution in [0.4, 0.5) is 5.69 Å². The Labute approximate surface area is 200 Å². The van der Waals surface area contributed by atoms with Crippen molar-refractivity contribution in [1.82, 2.24) is 4.40 Å². The zero-order chi connectivity index (χ0) is 20.1. The van der Waals surface area contributed by atoms with Gasteiger partial charge in [-0.25, -0.2) is 0 Å². The molecule has 0 radical (unpaired) electrons. The van der Waals surface area contributed by atoms with Gasteiger partial charge >= 0.3 is 0 Å². The Hall–Kier alpha value is -2.34. The summed E-state index contributed by atoms with van der Waals surface area (Å²) >= 11 is 0. The van der Waals surface area contributed by atoms with Gasteiger partial charge in [0.05, 0.1) is 0 Å². The largest absolute Gasteiger partial charge is 1.00 e. The first-order valence-electron chi connectivity index (χ1n) is 11.4. The quantitative estimate of drug-likeness (QED) is 0.262. The Morgan fingerprint density at radius 3 is 2.55 bits per heavy atom. The maximum Gasteiger partial charge on any atom is 0.292 e. The zero-order valence-electron chi connectivity index (χ0n) is 18.0. The zero-order valence-corrected chi connectivity index (χ0v) is 20.2. The second-order valence-electron chi connectivity index (χ2n) is 8.72. The topological polar surface area (TPSA) is 11.8 Å². The molecule has 158 valence electrons. The van der Waals surface area contributed by atoms with Crippen molar-refractivity contribution in [2.75, 3.05) is 18.0 Å². The summed E-state index contributed by atoms with van der Waals surface area (Å²) in [6, 6.07) is 23.0. The molecule has 31 heavy (non-hydrogen) atoms. The predicted molar refractivity (Wildman–Crippen MR) is 126 cm³/mol. The lowest BCUT2D eigenvalue weighted by molar-refractivity contribution is -0.479. The number of unbranched alkanes of at least 4 members (excludes halogenated alkanes) is 1. The summed E-state index contributed by atoms with van der Waals surface area (Å²) in [4.78, 5) is 2.51. The highest BCUT2D eigenvalue weighted by Crippen LogP contribution is 2.26. The van der Waals surface area contributed by atoms with E-state index in [9.17, 15) is 0 Å². The fourth-order valence-electron chi connectivity index (χ4n) is 5.11. The Morgan fingerprint density at radius 2 is 1.71 bits per heavy atom. The van der Waals surface area contributed by atoms with Gasteiger partial charge in [0, 0.05) is 35.6 Å². The number of rotatable bonds is 4. The van der Waals surface area contributed by atoms with E-state index in [0.717, 1.165) is 6.42 Å². The average molecular weight is 521 g/mol. The fraction of sp³-hybridized carbons (Fsp3) is 0.296. The molecule has 3 aromatic heterocycles. The van der Waals surface area contributed by atoms with E-state index in [1.807, 2.05) is 0 Å². The summed E-state index contributed by atoms with van der Waals surface area (Å²) < 4.78 is 4.75. The molecular weight excluding hydrogens is 493 g/mol. The number of aryl methyl sites for hydroxylation is 1. The normalized spacial score (nSPS) is 14.2. The number of nitrogens with zero attached hydrogens (tertiary/aromatic N) is 3. The molecule has 1 aliphatic rings. The first-order chi connectivity index (χ1) is 14.8. The second kappa shape index (κ2) is 8.30. The first-order valence-corrected chi connectivity index (χ1v) is 11.4. The van der Waals surface area contributed by atoms with Gasteiger partial charge in [0.15, 0.2) is 5.52 Å². The van der Waals surface area contributed by atoms with Crippen molar-refractivity contribution < 1.29 is 28.4 Å². The van der Waals surface area contributed by atoms with Crippen molar-refractivity contribution in [3.05, 3.63) is 72.4 Å². The highest BCUT2D eigenvalue weighted by molar-refractivity contribution is 5.87. The molecule has 6 rings (SSSR count). The van der Waals surface area contributed by atoms with Crippen LogP contribution in [-0.4, -0.2) is 17.5 Å². The molecular formula is C27H28IN3. The van der Waals surface area contributed by atoms with Crippen LogP contribution in [0.15, 0.2) is 66.9 Å². The van der Waals surface area contributed by atoms with E-state index in [-0.39, 0.29) is 24.0 Å². The van der Waals surface area contributed by atoms with Gasteiger partial charge < -0.3 is 28.9 Å². The minimum absolute atomic E-state index is 0. The SMILES string of the molecule is CCCCc1ccc2c(ccc3c[n+]4c5ccc(N6CCCC6)cc5ccc4n32)c1.[I-]. The Bertz CT molecular complexity index is 1400. The molecule has 0 N–H and O–H groups in total. The lowest BCUT2D eigenvalue weighted by Crippen LogP contribution is -3.00. The van der Waals surface area contributed by atoms with E-state index in [1.165, 1.54) is 83.0 Å². The molecule has 0 amide bonds. The third-order valence-corrected chi connectivity index (χ3v) is 6.73. The molecule has 0 unspecified atom stereocenters. The van der Waals surface area contributed by atoms with Crippen LogP contribution in [0.1, 0.15) is 38.2 Å². The fourth-order valence-corrected chi connectivity index (χ4v) is 5.11. The van der Waals surface area contributed by atoms with Crippen LogP contribution in [0.3, 0.4) is 0 Å². The van der Waals surface area contributed by atoms with Gasteiger partial charge in [0.25, 0.3) is 5.65 Å². The van der Waals surface area contributed by atoms with E-state index in [4.69, 9.17) is 0 Å². The standard InChI is InChI=1S/C27H28N3.HI/c1-2-3-6-20-7-12-26-21(17-20)8-10-24-19-29-25-13-11-23(28-15-4-5-16-28)18-22(25)9-14-27(29)30(24)26;/h7-14,17-19H,2-6,15-16H2,1H3;1H/q+1;/p-1. The van der Waals surface area contributed by atoms with Crippen LogP contribution in [-0.2, 0) is 6.42 Å². The maximum atomic E-state index is 2.51. The van der Waals surface area contributed by atoms with Crippen LogP contribution in [0, 0.1) is 0 Å². The second-order valence-corrected chi connectivity index (χ2v) is 8.72. The molecule has 0 atom stereocenters. The number of aromatic nitrogens is 2. The number of imidazole rings is 1. The molecule has 0 bridgehead atoms. The van der Waals surface area contributed by atoms with Crippen molar-refractivity contribution in [3.8, 4) is 0 Å². The summed E-state index contributed by atoms with van der Waals surface area (Å²) in [5, 5.41) is 2.62. The van der Waals surface area contributed by atoms with E-state index in [1.54, 1.807) is 0 Å². The summed E-state index contributed by atoms with van der Waals surface area (Å²) in [6.45, 7) is 4.62. The van der Waals surface area contributed by atoms with Gasteiger partial charge in [-0.3, -0.25) is 0 Å². The van der Waals surface area contributed by atoms with Gasteiger partial charge in [-0.2, -0.15) is 8.80 Å². The minimum Gasteiger partial charge on any atom is -1.00 e. The maximum absolute atomic E-state index is 2.51. The molecule has 3 nitrogen and oxygen atoms in total. The Kier molecular flexibility index (Phi) is 5.51. The van der Waals surface area contributed by atoms with Crippen molar-refractivity contribution in [2.45, 2.75) is 39.0 Å². The Balaban J connectivity index is 0.00000204. The van der Waals surface area contributed by atoms with Crippen LogP contribution in [0.5, 0.6) is 0 Å². The van der Waals surface area contributed by atoms with Crippen molar-refractivity contribution in [1.29, 1.82) is 0 Å². The highest BCUT2D eigenvalue weighted by atomic mass is 127. The van der Waals surface area contributed by atoms with Gasteiger partial charge in [0.2, 0.25) is 0 Å². The first kappa shape index (κ1) is 20.6. The predicted octanol–water partition coefficient (Wildman–Crippen LogP) is 2.93. The summed E-state index contributed by atoms with van der Waals surface area (Å²) in [6.07, 6.45) is 8.55. The van der Waals surface area contributed by atoms with Crippen molar-refractivity contribution >= 4 is 38.7 Å². The van der Waals surface area contributed by atoms with Crippen LogP contribution >= 0.6 is 0 Å². The van der Waals surface area contributed by atoms with Crippen molar-refractivity contribution in [3.63, 3.8) is 0 Å². The van der Waals surface area contributed by atoms with Crippen LogP contribution < -0.4 is 33.3 Å². The summed E-state index contributed by atoms with van der Waals surface area (Å²) in [5.74, 6) is 0. The summed E-state index contributed by atoms with van der Waals surface area (Å²) in [7, 11) is 0. The van der Waals surface area contributed by atoms with E-state index in [2.05, 4.69) is 87.5 Å². The summed E-state index contributed by atoms with van der Waals surface area (Å²) in [5.41, 5.74) is 7.80. The third-order valence-electron chi connectivity index (χ3n) is 6.73. The number of pyridine rings is 2. The van der Waals surface area contributed by atoms with Gasteiger partial charge in [-0.15, -0.1) is 0 Å². The number of anilines is 1. The van der Waals surface area contributed by atoms with Gasteiger partial charge in [0.1, 0.15) is 17.2 Å². The smallest absolute Gasteiger partial charge is 0.292 e. The molecule has 1 fully saturated rings. The molecule has 0 spiro atoms. The highest BCUT2D eigenvalue weighted by Gasteiger charge is 2.18. The molecule has 2 aromatic carbocycles. The van der Waals surface area contributed by atoms with Crippen LogP contribution in [0.25, 0.3) is 33.0 Å². The molecule has 4 heteroatoms. The molecule has 4 heterocycles. The lowest BCUT2D eigenvalue weighted by atomic mass is 10.1. The lowest BCUT2D eigenvalue weighted by Gasteiger charge is -2.17. The van der Waals surface area contributed by atoms with Gasteiger partial charge in [-0.1, -0.05) is 19.4 Å². The molecule has 1 aliphatic heterocycles. The van der Waals surface area contributed by atoms with Crippen molar-refractivity contribution in [2.24, 2.45) is 0 Å². The molecule has 1 saturated heterocycles. The number of hydrogen-bond acceptors (Lipinski definition) is 1. The monoisotopic (exact) mass is 521 g/mol. The Morgan fingerprint density at radius 1 is 0.871 bits per heavy atom. The third kappa shape index (κ3) is 3.45. The average Bonchev–Trinajstić information content (AvgIpc) is 3.45. The molecule has 5 aromatic rings. The number of benzene rings is 2. The minimum atomic E-state index is 0. The molecule has 0 aliphatic carbocycles. The van der Waals surface area contributed by atoms with Crippen LogP contribution in [0.2, 0.25) is 0 Å². The number of hydrogen-bond donors (Lipinski definition) is 0. The number of fused-ring (bicyclic) bond motifs is 7. The molecule has 0 saturated carbocycles. The van der Waals surface area contributed by atoms with E-state index >= 15 is 0 Å².